The van der Waals surface area contributed by atoms with Crippen LogP contribution in [0.4, 0.5) is 16.2 Å². The summed E-state index contributed by atoms with van der Waals surface area (Å²) in [5.41, 5.74) is 7.04. The number of nitrogens with zero attached hydrogens (tertiary/aromatic N) is 1. The van der Waals surface area contributed by atoms with Gasteiger partial charge >= 0.3 is 6.03 Å². The van der Waals surface area contributed by atoms with Gasteiger partial charge < -0.3 is 15.5 Å². The van der Waals surface area contributed by atoms with Crippen LogP contribution in [0.5, 0.6) is 0 Å². The molecule has 0 unspecified atom stereocenters. The first-order valence-electron chi connectivity index (χ1n) is 10.5. The number of nitrogens with one attached hydrogen (secondary N) is 2. The average Bonchev–Trinajstić information content (AvgIpc) is 2.74. The molecule has 0 aliphatic rings. The molecule has 0 aromatic heterocycles. The molecule has 4 nitrogen and oxygen atoms in total. The predicted octanol–water partition coefficient (Wildman–Crippen LogP) is 7.45. The number of thioether (sulfide) groups is 1. The Balaban J connectivity index is 2.02. The highest BCUT2D eigenvalue weighted by atomic mass is 32.2. The highest BCUT2D eigenvalue weighted by molar-refractivity contribution is 8.04. The highest BCUT2D eigenvalue weighted by Crippen LogP contribution is 2.24. The largest absolute Gasteiger partial charge is 0.356 e. The van der Waals surface area contributed by atoms with Crippen molar-refractivity contribution in [1.29, 1.82) is 0 Å². The minimum Gasteiger partial charge on any atom is -0.356 e. The average molecular weight is 436 g/mol. The number of carbonyl (C=O) groups is 1. The molecule has 0 radical (unpaired) electrons. The first-order valence-corrected chi connectivity index (χ1v) is 11.4. The van der Waals surface area contributed by atoms with E-state index in [2.05, 4.69) is 41.7 Å². The van der Waals surface area contributed by atoms with Crippen molar-refractivity contribution < 1.29 is 4.79 Å². The van der Waals surface area contributed by atoms with Crippen LogP contribution in [0.2, 0.25) is 0 Å². The molecule has 2 N–H and O–H groups in total. The van der Waals surface area contributed by atoms with Crippen LogP contribution in [0.3, 0.4) is 0 Å². The fourth-order valence-corrected chi connectivity index (χ4v) is 3.58. The fraction of sp³-hybridized carbons (Fsp3) is 0.269. The van der Waals surface area contributed by atoms with Gasteiger partial charge in [0.25, 0.3) is 0 Å². The van der Waals surface area contributed by atoms with Gasteiger partial charge in [-0.1, -0.05) is 42.5 Å². The molecule has 164 valence electrons. The third-order valence-corrected chi connectivity index (χ3v) is 5.74. The van der Waals surface area contributed by atoms with E-state index in [-0.39, 0.29) is 6.03 Å². The Morgan fingerprint density at radius 1 is 1.16 bits per heavy atom. The van der Waals surface area contributed by atoms with Gasteiger partial charge in [-0.25, -0.2) is 4.79 Å². The van der Waals surface area contributed by atoms with Gasteiger partial charge in [0, 0.05) is 30.2 Å². The Morgan fingerprint density at radius 3 is 2.58 bits per heavy atom. The van der Waals surface area contributed by atoms with Crippen molar-refractivity contribution >= 4 is 29.2 Å². The molecule has 0 aliphatic carbocycles. The summed E-state index contributed by atoms with van der Waals surface area (Å²) in [7, 11) is 0. The number of amides is 2. The molecule has 5 heteroatoms. The first kappa shape index (κ1) is 24.4. The zero-order chi connectivity index (χ0) is 22.8. The molecule has 0 heterocycles. The van der Waals surface area contributed by atoms with Gasteiger partial charge in [-0.05, 0) is 80.3 Å². The third kappa shape index (κ3) is 7.68. The van der Waals surface area contributed by atoms with E-state index in [9.17, 15) is 4.79 Å². The van der Waals surface area contributed by atoms with Gasteiger partial charge in [-0.15, -0.1) is 11.8 Å². The van der Waals surface area contributed by atoms with E-state index in [1.54, 1.807) is 16.7 Å². The highest BCUT2D eigenvalue weighted by Gasteiger charge is 2.13. The molecule has 2 rings (SSSR count). The molecule has 0 atom stereocenters. The molecular formula is C26H33N3OS. The van der Waals surface area contributed by atoms with Gasteiger partial charge in [0.2, 0.25) is 0 Å². The molecule has 0 aliphatic heterocycles. The lowest BCUT2D eigenvalue weighted by Crippen LogP contribution is -2.34. The lowest BCUT2D eigenvalue weighted by molar-refractivity contribution is 0.212. The van der Waals surface area contributed by atoms with Crippen molar-refractivity contribution in [3.05, 3.63) is 93.9 Å². The van der Waals surface area contributed by atoms with E-state index in [1.807, 2.05) is 69.5 Å². The maximum atomic E-state index is 12.8. The van der Waals surface area contributed by atoms with Crippen molar-refractivity contribution in [3.63, 3.8) is 0 Å². The Labute approximate surface area is 191 Å². The first-order chi connectivity index (χ1) is 14.8. The zero-order valence-corrected chi connectivity index (χ0v) is 20.0. The molecule has 2 aromatic rings. The van der Waals surface area contributed by atoms with Gasteiger partial charge in [0.15, 0.2) is 0 Å². The van der Waals surface area contributed by atoms with E-state index >= 15 is 0 Å². The van der Waals surface area contributed by atoms with Crippen LogP contribution < -0.4 is 10.6 Å². The summed E-state index contributed by atoms with van der Waals surface area (Å²) in [5, 5.41) is 10.5. The SMILES string of the molecule is C=C(Nc1ccc(NC(=O)N(CC)Cc2cccc(C)c2)cc1C)/C(C)=C/S/C=C/C. The van der Waals surface area contributed by atoms with E-state index in [1.165, 1.54) is 5.56 Å². The molecule has 0 saturated carbocycles. The summed E-state index contributed by atoms with van der Waals surface area (Å²) in [5.74, 6) is 0. The van der Waals surface area contributed by atoms with Gasteiger partial charge in [0.05, 0.1) is 0 Å². The lowest BCUT2D eigenvalue weighted by Gasteiger charge is -2.22. The van der Waals surface area contributed by atoms with E-state index in [0.717, 1.165) is 33.8 Å². The second-order valence-corrected chi connectivity index (χ2v) is 8.25. The van der Waals surface area contributed by atoms with Crippen molar-refractivity contribution in [1.82, 2.24) is 4.90 Å². The van der Waals surface area contributed by atoms with E-state index in [4.69, 9.17) is 0 Å². The number of benzene rings is 2. The number of aryl methyl sites for hydroxylation is 2. The monoisotopic (exact) mass is 435 g/mol. The van der Waals surface area contributed by atoms with Crippen molar-refractivity contribution in [3.8, 4) is 0 Å². The molecule has 2 amide bonds. The second-order valence-electron chi connectivity index (χ2n) is 7.47. The van der Waals surface area contributed by atoms with Crippen LogP contribution in [0, 0.1) is 13.8 Å². The number of carbonyl (C=O) groups excluding carboxylic acids is 1. The molecule has 0 spiro atoms. The van der Waals surface area contributed by atoms with Crippen molar-refractivity contribution in [2.75, 3.05) is 17.2 Å². The summed E-state index contributed by atoms with van der Waals surface area (Å²) in [6, 6.07) is 14.0. The van der Waals surface area contributed by atoms with Crippen molar-refractivity contribution in [2.45, 2.75) is 41.2 Å². The smallest absolute Gasteiger partial charge is 0.322 e. The number of hydrogen-bond donors (Lipinski definition) is 2. The van der Waals surface area contributed by atoms with E-state index < -0.39 is 0 Å². The standard InChI is InChI=1S/C26H33N3OS/c1-7-14-31-18-21(5)22(6)27-25-13-12-24(16-20(25)4)28-26(30)29(8-2)17-23-11-9-10-19(3)15-23/h7,9-16,18,27H,6,8,17H2,1-5H3,(H,28,30)/b14-7+,21-18+. The Morgan fingerprint density at radius 2 is 1.94 bits per heavy atom. The normalized spacial score (nSPS) is 11.5. The molecule has 0 bridgehead atoms. The molecule has 0 fully saturated rings. The molecule has 31 heavy (non-hydrogen) atoms. The minimum absolute atomic E-state index is 0.103. The quantitative estimate of drug-likeness (QED) is 0.402. The van der Waals surface area contributed by atoms with Crippen LogP contribution >= 0.6 is 11.8 Å². The van der Waals surface area contributed by atoms with Crippen molar-refractivity contribution in [2.24, 2.45) is 0 Å². The predicted molar refractivity (Wildman–Crippen MR) is 136 cm³/mol. The molecule has 0 saturated heterocycles. The molecule has 2 aromatic carbocycles. The van der Waals surface area contributed by atoms with Gasteiger partial charge in [0.1, 0.15) is 0 Å². The molecular weight excluding hydrogens is 402 g/mol. The summed E-state index contributed by atoms with van der Waals surface area (Å²) >= 11 is 1.62. The van der Waals surface area contributed by atoms with Gasteiger partial charge in [-0.2, -0.15) is 0 Å². The lowest BCUT2D eigenvalue weighted by atomic mass is 10.1. The third-order valence-electron chi connectivity index (χ3n) is 4.82. The fourth-order valence-electron chi connectivity index (χ4n) is 2.99. The van der Waals surface area contributed by atoms with Crippen LogP contribution in [0.1, 0.15) is 37.5 Å². The van der Waals surface area contributed by atoms with Crippen LogP contribution in [0.15, 0.2) is 77.2 Å². The number of anilines is 2. The summed E-state index contributed by atoms with van der Waals surface area (Å²) in [6.45, 7) is 15.4. The topological polar surface area (TPSA) is 44.4 Å². The van der Waals surface area contributed by atoms with Crippen LogP contribution in [0.25, 0.3) is 0 Å². The summed E-state index contributed by atoms with van der Waals surface area (Å²) in [4.78, 5) is 14.6. The van der Waals surface area contributed by atoms with Crippen LogP contribution in [-0.4, -0.2) is 17.5 Å². The van der Waals surface area contributed by atoms with Crippen LogP contribution in [-0.2, 0) is 6.54 Å². The Bertz CT molecular complexity index is 978. The minimum atomic E-state index is -0.103. The number of urea groups is 1. The number of allylic oxidation sites excluding steroid dienone is 2. The second kappa shape index (κ2) is 12.1. The zero-order valence-electron chi connectivity index (χ0n) is 19.2. The Kier molecular flexibility index (Phi) is 9.47. The summed E-state index contributed by atoms with van der Waals surface area (Å²) in [6.07, 6.45) is 2.00. The van der Waals surface area contributed by atoms with E-state index in [0.29, 0.717) is 13.1 Å². The maximum Gasteiger partial charge on any atom is 0.322 e. The summed E-state index contributed by atoms with van der Waals surface area (Å²) < 4.78 is 0. The number of hydrogen-bond acceptors (Lipinski definition) is 3. The maximum absolute atomic E-state index is 12.8. The van der Waals surface area contributed by atoms with Gasteiger partial charge in [-0.3, -0.25) is 0 Å². The Hall–Kier alpha value is -2.92. The number of rotatable bonds is 9.